The fourth-order valence-electron chi connectivity index (χ4n) is 1.61. The molecule has 1 unspecified atom stereocenters. The Bertz CT molecular complexity index is 315. The SMILES string of the molecule is C=CC(C)c1cc(Br)ccc1CCC. The Morgan fingerprint density at radius 2 is 2.21 bits per heavy atom. The molecule has 76 valence electrons. The Morgan fingerprint density at radius 3 is 2.79 bits per heavy atom. The van der Waals surface area contributed by atoms with Gasteiger partial charge in [0.05, 0.1) is 0 Å². The average Bonchev–Trinajstić information content (AvgIpc) is 2.20. The van der Waals surface area contributed by atoms with Gasteiger partial charge in [0.15, 0.2) is 0 Å². The van der Waals surface area contributed by atoms with Crippen LogP contribution in [0, 0.1) is 0 Å². The summed E-state index contributed by atoms with van der Waals surface area (Å²) < 4.78 is 1.15. The first-order valence-corrected chi connectivity index (χ1v) is 5.89. The van der Waals surface area contributed by atoms with Crippen LogP contribution in [0.25, 0.3) is 0 Å². The van der Waals surface area contributed by atoms with Crippen molar-refractivity contribution in [3.8, 4) is 0 Å². The highest BCUT2D eigenvalue weighted by atomic mass is 79.9. The van der Waals surface area contributed by atoms with Gasteiger partial charge in [-0.25, -0.2) is 0 Å². The van der Waals surface area contributed by atoms with Gasteiger partial charge >= 0.3 is 0 Å². The Labute approximate surface area is 95.2 Å². The molecule has 0 aliphatic carbocycles. The monoisotopic (exact) mass is 252 g/mol. The molecular weight excluding hydrogens is 236 g/mol. The quantitative estimate of drug-likeness (QED) is 0.683. The van der Waals surface area contributed by atoms with Crippen LogP contribution in [0.1, 0.15) is 37.3 Å². The first kappa shape index (κ1) is 11.5. The van der Waals surface area contributed by atoms with Crippen LogP contribution < -0.4 is 0 Å². The molecule has 1 heteroatoms. The third-order valence-electron chi connectivity index (χ3n) is 2.47. The highest BCUT2D eigenvalue weighted by Gasteiger charge is 2.07. The largest absolute Gasteiger partial charge is 0.102 e. The van der Waals surface area contributed by atoms with Gasteiger partial charge < -0.3 is 0 Å². The van der Waals surface area contributed by atoms with E-state index in [1.165, 1.54) is 17.5 Å². The highest BCUT2D eigenvalue weighted by Crippen LogP contribution is 2.25. The summed E-state index contributed by atoms with van der Waals surface area (Å²) >= 11 is 3.51. The van der Waals surface area contributed by atoms with Crippen LogP contribution in [0.15, 0.2) is 35.3 Å². The van der Waals surface area contributed by atoms with Gasteiger partial charge in [0.2, 0.25) is 0 Å². The molecule has 1 aromatic carbocycles. The maximum Gasteiger partial charge on any atom is 0.0178 e. The Morgan fingerprint density at radius 1 is 1.50 bits per heavy atom. The Balaban J connectivity index is 3.08. The predicted octanol–water partition coefficient (Wildman–Crippen LogP) is 4.69. The van der Waals surface area contributed by atoms with Gasteiger partial charge in [-0.3, -0.25) is 0 Å². The summed E-state index contributed by atoms with van der Waals surface area (Å²) in [6, 6.07) is 6.53. The predicted molar refractivity (Wildman–Crippen MR) is 66.7 cm³/mol. The van der Waals surface area contributed by atoms with E-state index in [1.807, 2.05) is 6.08 Å². The van der Waals surface area contributed by atoms with Crippen molar-refractivity contribution in [3.05, 3.63) is 46.5 Å². The van der Waals surface area contributed by atoms with Crippen molar-refractivity contribution in [2.45, 2.75) is 32.6 Å². The molecule has 0 nitrogen and oxygen atoms in total. The second kappa shape index (κ2) is 5.35. The van der Waals surface area contributed by atoms with Crippen molar-refractivity contribution in [2.75, 3.05) is 0 Å². The first-order chi connectivity index (χ1) is 6.69. The van der Waals surface area contributed by atoms with Crippen LogP contribution in [0.4, 0.5) is 0 Å². The van der Waals surface area contributed by atoms with Crippen LogP contribution in [0.2, 0.25) is 0 Å². The number of benzene rings is 1. The minimum atomic E-state index is 0.439. The molecule has 0 radical (unpaired) electrons. The zero-order chi connectivity index (χ0) is 10.6. The van der Waals surface area contributed by atoms with Gasteiger partial charge in [-0.15, -0.1) is 6.58 Å². The number of halogens is 1. The van der Waals surface area contributed by atoms with E-state index in [2.05, 4.69) is 54.6 Å². The molecule has 0 N–H and O–H groups in total. The van der Waals surface area contributed by atoms with E-state index in [9.17, 15) is 0 Å². The minimum absolute atomic E-state index is 0.439. The second-order valence-electron chi connectivity index (χ2n) is 3.62. The van der Waals surface area contributed by atoms with Crippen molar-refractivity contribution in [1.82, 2.24) is 0 Å². The Kier molecular flexibility index (Phi) is 4.40. The van der Waals surface area contributed by atoms with Crippen LogP contribution in [0.5, 0.6) is 0 Å². The van der Waals surface area contributed by atoms with E-state index in [-0.39, 0.29) is 0 Å². The molecule has 0 aliphatic rings. The van der Waals surface area contributed by atoms with Gasteiger partial charge in [0.1, 0.15) is 0 Å². The van der Waals surface area contributed by atoms with Crippen molar-refractivity contribution >= 4 is 15.9 Å². The molecule has 0 heterocycles. The molecule has 0 spiro atoms. The van der Waals surface area contributed by atoms with Crippen LogP contribution in [-0.2, 0) is 6.42 Å². The first-order valence-electron chi connectivity index (χ1n) is 5.10. The molecule has 0 aliphatic heterocycles. The number of rotatable bonds is 4. The summed E-state index contributed by atoms with van der Waals surface area (Å²) in [4.78, 5) is 0. The molecule has 0 bridgehead atoms. The van der Waals surface area contributed by atoms with Gasteiger partial charge in [-0.05, 0) is 35.6 Å². The number of aryl methyl sites for hydroxylation is 1. The zero-order valence-corrected chi connectivity index (χ0v) is 10.5. The van der Waals surface area contributed by atoms with Crippen molar-refractivity contribution in [2.24, 2.45) is 0 Å². The van der Waals surface area contributed by atoms with Crippen molar-refractivity contribution in [1.29, 1.82) is 0 Å². The summed E-state index contributed by atoms with van der Waals surface area (Å²) in [5, 5.41) is 0. The third kappa shape index (κ3) is 2.71. The molecule has 1 atom stereocenters. The van der Waals surface area contributed by atoms with E-state index < -0.39 is 0 Å². The molecule has 0 fully saturated rings. The maximum atomic E-state index is 3.85. The third-order valence-corrected chi connectivity index (χ3v) is 2.96. The Hall–Kier alpha value is -0.560. The molecular formula is C13H17Br. The van der Waals surface area contributed by atoms with Crippen LogP contribution in [-0.4, -0.2) is 0 Å². The lowest BCUT2D eigenvalue weighted by Gasteiger charge is -2.13. The molecule has 14 heavy (non-hydrogen) atoms. The van der Waals surface area contributed by atoms with Gasteiger partial charge in [-0.1, -0.05) is 48.3 Å². The standard InChI is InChI=1S/C13H17Br/c1-4-6-11-7-8-12(14)9-13(11)10(3)5-2/h5,7-10H,2,4,6H2,1,3H3. The molecule has 0 aromatic heterocycles. The summed E-state index contributed by atoms with van der Waals surface area (Å²) in [6.07, 6.45) is 4.35. The van der Waals surface area contributed by atoms with Crippen LogP contribution in [0.3, 0.4) is 0 Å². The van der Waals surface area contributed by atoms with Crippen molar-refractivity contribution in [3.63, 3.8) is 0 Å². The summed E-state index contributed by atoms with van der Waals surface area (Å²) in [7, 11) is 0. The molecule has 0 amide bonds. The molecule has 1 aromatic rings. The summed E-state index contributed by atoms with van der Waals surface area (Å²) in [6.45, 7) is 8.25. The van der Waals surface area contributed by atoms with Crippen LogP contribution >= 0.6 is 15.9 Å². The zero-order valence-electron chi connectivity index (χ0n) is 8.89. The lowest BCUT2D eigenvalue weighted by Crippen LogP contribution is -1.96. The highest BCUT2D eigenvalue weighted by molar-refractivity contribution is 9.10. The van der Waals surface area contributed by atoms with Gasteiger partial charge in [0.25, 0.3) is 0 Å². The number of hydrogen-bond acceptors (Lipinski definition) is 0. The van der Waals surface area contributed by atoms with E-state index in [0.717, 1.165) is 10.9 Å². The van der Waals surface area contributed by atoms with Gasteiger partial charge in [0, 0.05) is 4.47 Å². The molecule has 1 rings (SSSR count). The number of allylic oxidation sites excluding steroid dienone is 1. The topological polar surface area (TPSA) is 0 Å². The maximum absolute atomic E-state index is 3.85. The smallest absolute Gasteiger partial charge is 0.0178 e. The van der Waals surface area contributed by atoms with E-state index in [1.54, 1.807) is 0 Å². The molecule has 0 saturated carbocycles. The normalized spacial score (nSPS) is 12.5. The van der Waals surface area contributed by atoms with E-state index in [0.29, 0.717) is 5.92 Å². The van der Waals surface area contributed by atoms with E-state index in [4.69, 9.17) is 0 Å². The lowest BCUT2D eigenvalue weighted by molar-refractivity contribution is 0.869. The van der Waals surface area contributed by atoms with E-state index >= 15 is 0 Å². The van der Waals surface area contributed by atoms with Crippen molar-refractivity contribution < 1.29 is 0 Å². The summed E-state index contributed by atoms with van der Waals surface area (Å²) in [5.41, 5.74) is 2.85. The lowest BCUT2D eigenvalue weighted by atomic mass is 9.93. The fourth-order valence-corrected chi connectivity index (χ4v) is 1.99. The molecule has 0 saturated heterocycles. The number of hydrogen-bond donors (Lipinski definition) is 0. The minimum Gasteiger partial charge on any atom is -0.102 e. The van der Waals surface area contributed by atoms with Gasteiger partial charge in [-0.2, -0.15) is 0 Å². The fraction of sp³-hybridized carbons (Fsp3) is 0.385. The average molecular weight is 253 g/mol. The second-order valence-corrected chi connectivity index (χ2v) is 4.53. The summed E-state index contributed by atoms with van der Waals surface area (Å²) in [5.74, 6) is 0.439.